The van der Waals surface area contributed by atoms with E-state index in [0.29, 0.717) is 12.5 Å². The van der Waals surface area contributed by atoms with Crippen molar-refractivity contribution in [1.82, 2.24) is 10.3 Å². The fraction of sp³-hybridized carbons (Fsp3) is 0.700. The van der Waals surface area contributed by atoms with Crippen LogP contribution in [0.5, 0.6) is 0 Å². The van der Waals surface area contributed by atoms with E-state index in [0.717, 1.165) is 5.69 Å². The highest BCUT2D eigenvalue weighted by Gasteiger charge is 2.12. The van der Waals surface area contributed by atoms with Crippen LogP contribution in [-0.2, 0) is 0 Å². The lowest BCUT2D eigenvalue weighted by Gasteiger charge is -2.18. The van der Waals surface area contributed by atoms with Gasteiger partial charge in [0, 0.05) is 18.0 Å². The molecule has 2 unspecified atom stereocenters. The molecule has 0 amide bonds. The Morgan fingerprint density at radius 3 is 2.71 bits per heavy atom. The van der Waals surface area contributed by atoms with Crippen LogP contribution in [0.2, 0.25) is 0 Å². The van der Waals surface area contributed by atoms with E-state index in [1.54, 1.807) is 11.3 Å². The SMILES string of the molecule is CC(NCC(O)C(C)C)c1cscn1. The Bertz CT molecular complexity index is 249. The Kier molecular flexibility index (Phi) is 4.51. The topological polar surface area (TPSA) is 45.1 Å². The van der Waals surface area contributed by atoms with Crippen molar-refractivity contribution < 1.29 is 5.11 Å². The summed E-state index contributed by atoms with van der Waals surface area (Å²) in [5, 5.41) is 14.9. The monoisotopic (exact) mass is 214 g/mol. The second-order valence-electron chi connectivity index (χ2n) is 3.85. The zero-order chi connectivity index (χ0) is 10.6. The third-order valence-corrected chi connectivity index (χ3v) is 2.90. The predicted octanol–water partition coefficient (Wildman–Crippen LogP) is 1.81. The van der Waals surface area contributed by atoms with Gasteiger partial charge in [0.1, 0.15) is 0 Å². The van der Waals surface area contributed by atoms with Crippen LogP contribution < -0.4 is 5.32 Å². The van der Waals surface area contributed by atoms with Gasteiger partial charge >= 0.3 is 0 Å². The lowest BCUT2D eigenvalue weighted by atomic mass is 10.1. The van der Waals surface area contributed by atoms with Gasteiger partial charge < -0.3 is 10.4 Å². The van der Waals surface area contributed by atoms with Gasteiger partial charge in [-0.2, -0.15) is 0 Å². The van der Waals surface area contributed by atoms with E-state index in [1.807, 2.05) is 24.7 Å². The molecule has 1 aromatic heterocycles. The Hall–Kier alpha value is -0.450. The molecule has 0 saturated heterocycles. The first-order chi connectivity index (χ1) is 6.61. The van der Waals surface area contributed by atoms with E-state index < -0.39 is 0 Å². The second-order valence-corrected chi connectivity index (χ2v) is 4.57. The summed E-state index contributed by atoms with van der Waals surface area (Å²) >= 11 is 1.59. The number of nitrogens with one attached hydrogen (secondary N) is 1. The molecule has 0 aliphatic rings. The molecule has 3 nitrogen and oxygen atoms in total. The van der Waals surface area contributed by atoms with Crippen molar-refractivity contribution in [3.05, 3.63) is 16.6 Å². The summed E-state index contributed by atoms with van der Waals surface area (Å²) in [4.78, 5) is 4.21. The molecule has 1 heterocycles. The highest BCUT2D eigenvalue weighted by molar-refractivity contribution is 7.07. The molecule has 0 bridgehead atoms. The van der Waals surface area contributed by atoms with Gasteiger partial charge in [0.15, 0.2) is 0 Å². The van der Waals surface area contributed by atoms with Gasteiger partial charge in [-0.3, -0.25) is 0 Å². The van der Waals surface area contributed by atoms with Gasteiger partial charge in [-0.05, 0) is 12.8 Å². The summed E-state index contributed by atoms with van der Waals surface area (Å²) in [5.74, 6) is 0.296. The largest absolute Gasteiger partial charge is 0.392 e. The molecule has 0 aromatic carbocycles. The molecule has 0 saturated carbocycles. The molecular weight excluding hydrogens is 196 g/mol. The van der Waals surface area contributed by atoms with Gasteiger partial charge in [-0.15, -0.1) is 11.3 Å². The minimum Gasteiger partial charge on any atom is -0.392 e. The zero-order valence-electron chi connectivity index (χ0n) is 8.90. The molecule has 1 rings (SSSR count). The maximum Gasteiger partial charge on any atom is 0.0795 e. The highest BCUT2D eigenvalue weighted by Crippen LogP contribution is 2.12. The van der Waals surface area contributed by atoms with Crippen LogP contribution in [0.15, 0.2) is 10.9 Å². The zero-order valence-corrected chi connectivity index (χ0v) is 9.71. The van der Waals surface area contributed by atoms with Crippen LogP contribution >= 0.6 is 11.3 Å². The molecular formula is C10H18N2OS. The summed E-state index contributed by atoms with van der Waals surface area (Å²) in [6.45, 7) is 6.71. The third-order valence-electron chi connectivity index (χ3n) is 2.30. The second kappa shape index (κ2) is 5.44. The van der Waals surface area contributed by atoms with E-state index in [9.17, 15) is 5.11 Å². The number of rotatable bonds is 5. The van der Waals surface area contributed by atoms with Gasteiger partial charge in [-0.1, -0.05) is 13.8 Å². The van der Waals surface area contributed by atoms with Crippen molar-refractivity contribution >= 4 is 11.3 Å². The van der Waals surface area contributed by atoms with Crippen molar-refractivity contribution in [2.75, 3.05) is 6.54 Å². The minimum atomic E-state index is -0.281. The lowest BCUT2D eigenvalue weighted by Crippen LogP contribution is -2.32. The van der Waals surface area contributed by atoms with Crippen LogP contribution in [0, 0.1) is 5.92 Å². The molecule has 0 radical (unpaired) electrons. The number of aliphatic hydroxyl groups is 1. The quantitative estimate of drug-likeness (QED) is 0.785. The van der Waals surface area contributed by atoms with Crippen molar-refractivity contribution in [3.8, 4) is 0 Å². The summed E-state index contributed by atoms with van der Waals surface area (Å²) in [5.41, 5.74) is 2.87. The maximum atomic E-state index is 9.59. The molecule has 80 valence electrons. The van der Waals surface area contributed by atoms with Crippen LogP contribution in [0.4, 0.5) is 0 Å². The minimum absolute atomic E-state index is 0.217. The summed E-state index contributed by atoms with van der Waals surface area (Å²) in [7, 11) is 0. The Labute approximate surface area is 89.2 Å². The van der Waals surface area contributed by atoms with Crippen LogP contribution in [0.25, 0.3) is 0 Å². The molecule has 0 spiro atoms. The van der Waals surface area contributed by atoms with Crippen molar-refractivity contribution in [2.45, 2.75) is 32.9 Å². The molecule has 0 fully saturated rings. The number of thiazole rings is 1. The molecule has 4 heteroatoms. The first-order valence-corrected chi connectivity index (χ1v) is 5.85. The molecule has 0 aliphatic heterocycles. The lowest BCUT2D eigenvalue weighted by molar-refractivity contribution is 0.120. The highest BCUT2D eigenvalue weighted by atomic mass is 32.1. The average Bonchev–Trinajstić information content (AvgIpc) is 2.66. The average molecular weight is 214 g/mol. The standard InChI is InChI=1S/C10H18N2OS/c1-7(2)10(13)4-11-8(3)9-5-14-6-12-9/h5-8,10-11,13H,4H2,1-3H3. The Morgan fingerprint density at radius 1 is 1.50 bits per heavy atom. The maximum absolute atomic E-state index is 9.59. The molecule has 2 N–H and O–H groups in total. The number of hydrogen-bond acceptors (Lipinski definition) is 4. The first kappa shape index (κ1) is 11.6. The molecule has 0 aliphatic carbocycles. The molecule has 2 atom stereocenters. The number of hydrogen-bond donors (Lipinski definition) is 2. The van der Waals surface area contributed by atoms with Gasteiger partial charge in [0.2, 0.25) is 0 Å². The fourth-order valence-corrected chi connectivity index (χ4v) is 1.72. The van der Waals surface area contributed by atoms with Crippen LogP contribution in [0.3, 0.4) is 0 Å². The van der Waals surface area contributed by atoms with Crippen molar-refractivity contribution in [2.24, 2.45) is 5.92 Å². The summed E-state index contributed by atoms with van der Waals surface area (Å²) < 4.78 is 0. The van der Waals surface area contributed by atoms with Gasteiger partial charge in [0.25, 0.3) is 0 Å². The molecule has 14 heavy (non-hydrogen) atoms. The van der Waals surface area contributed by atoms with E-state index in [2.05, 4.69) is 17.2 Å². The summed E-state index contributed by atoms with van der Waals surface area (Å²) in [6.07, 6.45) is -0.281. The smallest absolute Gasteiger partial charge is 0.0795 e. The van der Waals surface area contributed by atoms with Gasteiger partial charge in [-0.25, -0.2) is 4.98 Å². The van der Waals surface area contributed by atoms with Crippen molar-refractivity contribution in [3.63, 3.8) is 0 Å². The van der Waals surface area contributed by atoms with E-state index >= 15 is 0 Å². The predicted molar refractivity (Wildman–Crippen MR) is 59.4 cm³/mol. The van der Waals surface area contributed by atoms with Crippen LogP contribution in [-0.4, -0.2) is 22.7 Å². The van der Waals surface area contributed by atoms with Crippen molar-refractivity contribution in [1.29, 1.82) is 0 Å². The van der Waals surface area contributed by atoms with E-state index in [-0.39, 0.29) is 12.1 Å². The number of aliphatic hydroxyl groups excluding tert-OH is 1. The summed E-state index contributed by atoms with van der Waals surface area (Å²) in [6, 6.07) is 0.217. The molecule has 1 aromatic rings. The third kappa shape index (κ3) is 3.36. The number of nitrogens with zero attached hydrogens (tertiary/aromatic N) is 1. The van der Waals surface area contributed by atoms with Gasteiger partial charge in [0.05, 0.1) is 17.3 Å². The fourth-order valence-electron chi connectivity index (χ4n) is 1.07. The van der Waals surface area contributed by atoms with E-state index in [4.69, 9.17) is 0 Å². The normalized spacial score (nSPS) is 15.8. The Balaban J connectivity index is 2.32. The van der Waals surface area contributed by atoms with Crippen LogP contribution in [0.1, 0.15) is 32.5 Å². The number of aromatic nitrogens is 1. The van der Waals surface area contributed by atoms with E-state index in [1.165, 1.54) is 0 Å². The first-order valence-electron chi connectivity index (χ1n) is 4.90. The Morgan fingerprint density at radius 2 is 2.21 bits per heavy atom.